The van der Waals surface area contributed by atoms with Crippen LogP contribution in [0.5, 0.6) is 5.75 Å². The molecule has 0 atom stereocenters. The SMILES string of the molecule is COc1c(F)cccc1-c1cccnc1. The quantitative estimate of drug-likeness (QED) is 0.748. The van der Waals surface area contributed by atoms with E-state index >= 15 is 0 Å². The minimum absolute atomic E-state index is 0.255. The molecule has 0 amide bonds. The summed E-state index contributed by atoms with van der Waals surface area (Å²) in [6.45, 7) is 0. The third kappa shape index (κ3) is 1.81. The Morgan fingerprint density at radius 3 is 2.73 bits per heavy atom. The van der Waals surface area contributed by atoms with E-state index in [4.69, 9.17) is 4.74 Å². The van der Waals surface area contributed by atoms with Gasteiger partial charge in [0, 0.05) is 23.5 Å². The molecule has 0 saturated heterocycles. The topological polar surface area (TPSA) is 22.1 Å². The Morgan fingerprint density at radius 1 is 1.20 bits per heavy atom. The van der Waals surface area contributed by atoms with Crippen LogP contribution in [0.4, 0.5) is 4.39 Å². The molecular weight excluding hydrogens is 193 g/mol. The highest BCUT2D eigenvalue weighted by Gasteiger charge is 2.09. The van der Waals surface area contributed by atoms with E-state index < -0.39 is 0 Å². The Bertz CT molecular complexity index is 456. The molecule has 3 heteroatoms. The van der Waals surface area contributed by atoms with Crippen LogP contribution in [0, 0.1) is 5.82 Å². The highest BCUT2D eigenvalue weighted by atomic mass is 19.1. The Labute approximate surface area is 87.4 Å². The molecule has 0 N–H and O–H groups in total. The number of para-hydroxylation sites is 1. The standard InChI is InChI=1S/C12H10FNO/c1-15-12-10(5-2-6-11(12)13)9-4-3-7-14-8-9/h2-8H,1H3. The molecule has 0 bridgehead atoms. The van der Waals surface area contributed by atoms with Gasteiger partial charge in [-0.15, -0.1) is 0 Å². The first kappa shape index (κ1) is 9.65. The van der Waals surface area contributed by atoms with E-state index in [-0.39, 0.29) is 11.6 Å². The van der Waals surface area contributed by atoms with Crippen molar-refractivity contribution < 1.29 is 9.13 Å². The van der Waals surface area contributed by atoms with Crippen molar-refractivity contribution in [3.05, 3.63) is 48.5 Å². The number of benzene rings is 1. The molecule has 0 fully saturated rings. The highest BCUT2D eigenvalue weighted by molar-refractivity contribution is 5.69. The Kier molecular flexibility index (Phi) is 2.63. The maximum Gasteiger partial charge on any atom is 0.165 e. The van der Waals surface area contributed by atoms with E-state index in [1.165, 1.54) is 13.2 Å². The molecule has 76 valence electrons. The molecule has 0 saturated carbocycles. The number of hydrogen-bond donors (Lipinski definition) is 0. The van der Waals surface area contributed by atoms with Gasteiger partial charge < -0.3 is 4.74 Å². The third-order valence-corrected chi connectivity index (χ3v) is 2.14. The predicted molar refractivity (Wildman–Crippen MR) is 56.2 cm³/mol. The summed E-state index contributed by atoms with van der Waals surface area (Å²) in [5.74, 6) is -0.107. The number of rotatable bonds is 2. The smallest absolute Gasteiger partial charge is 0.165 e. The molecule has 0 aliphatic rings. The summed E-state index contributed by atoms with van der Waals surface area (Å²) in [6, 6.07) is 8.50. The maximum atomic E-state index is 13.4. The van der Waals surface area contributed by atoms with E-state index in [0.29, 0.717) is 5.56 Å². The van der Waals surface area contributed by atoms with Crippen LogP contribution in [0.3, 0.4) is 0 Å². The van der Waals surface area contributed by atoms with Gasteiger partial charge in [-0.25, -0.2) is 4.39 Å². The summed E-state index contributed by atoms with van der Waals surface area (Å²) < 4.78 is 18.4. The second kappa shape index (κ2) is 4.09. The van der Waals surface area contributed by atoms with Gasteiger partial charge in [0.15, 0.2) is 11.6 Å². The van der Waals surface area contributed by atoms with Gasteiger partial charge in [-0.05, 0) is 12.1 Å². The molecule has 1 aromatic heterocycles. The van der Waals surface area contributed by atoms with Crippen LogP contribution in [-0.2, 0) is 0 Å². The van der Waals surface area contributed by atoms with Crippen LogP contribution in [-0.4, -0.2) is 12.1 Å². The number of hydrogen-bond acceptors (Lipinski definition) is 2. The number of pyridine rings is 1. The van der Waals surface area contributed by atoms with Crippen molar-refractivity contribution in [2.45, 2.75) is 0 Å². The van der Waals surface area contributed by atoms with Crippen molar-refractivity contribution >= 4 is 0 Å². The van der Waals surface area contributed by atoms with Crippen molar-refractivity contribution in [2.24, 2.45) is 0 Å². The third-order valence-electron chi connectivity index (χ3n) is 2.14. The highest BCUT2D eigenvalue weighted by Crippen LogP contribution is 2.31. The first-order valence-corrected chi connectivity index (χ1v) is 4.56. The second-order valence-electron chi connectivity index (χ2n) is 3.06. The zero-order chi connectivity index (χ0) is 10.7. The lowest BCUT2D eigenvalue weighted by atomic mass is 10.1. The molecule has 1 aromatic carbocycles. The van der Waals surface area contributed by atoms with Crippen molar-refractivity contribution in [1.29, 1.82) is 0 Å². The van der Waals surface area contributed by atoms with Crippen LogP contribution in [0.25, 0.3) is 11.1 Å². The lowest BCUT2D eigenvalue weighted by Crippen LogP contribution is -1.91. The van der Waals surface area contributed by atoms with Crippen LogP contribution < -0.4 is 4.74 Å². The lowest BCUT2D eigenvalue weighted by molar-refractivity contribution is 0.388. The minimum atomic E-state index is -0.362. The summed E-state index contributed by atoms with van der Waals surface area (Å²) in [7, 11) is 1.46. The fraction of sp³-hybridized carbons (Fsp3) is 0.0833. The van der Waals surface area contributed by atoms with Crippen LogP contribution in [0.2, 0.25) is 0 Å². The molecule has 2 rings (SSSR count). The van der Waals surface area contributed by atoms with E-state index in [0.717, 1.165) is 5.56 Å². The summed E-state index contributed by atoms with van der Waals surface area (Å²) in [6.07, 6.45) is 3.35. The van der Waals surface area contributed by atoms with Crippen molar-refractivity contribution in [3.8, 4) is 16.9 Å². The number of nitrogens with zero attached hydrogens (tertiary/aromatic N) is 1. The van der Waals surface area contributed by atoms with Gasteiger partial charge in [-0.2, -0.15) is 0 Å². The van der Waals surface area contributed by atoms with E-state index in [2.05, 4.69) is 4.98 Å². The molecule has 2 nitrogen and oxygen atoms in total. The normalized spacial score (nSPS) is 10.0. The summed E-state index contributed by atoms with van der Waals surface area (Å²) in [5, 5.41) is 0. The van der Waals surface area contributed by atoms with Crippen molar-refractivity contribution in [2.75, 3.05) is 7.11 Å². The van der Waals surface area contributed by atoms with Gasteiger partial charge in [0.25, 0.3) is 0 Å². The molecule has 0 aliphatic carbocycles. The number of methoxy groups -OCH3 is 1. The monoisotopic (exact) mass is 203 g/mol. The van der Waals surface area contributed by atoms with Gasteiger partial charge in [0.05, 0.1) is 7.11 Å². The van der Waals surface area contributed by atoms with Crippen LogP contribution >= 0.6 is 0 Å². The van der Waals surface area contributed by atoms with E-state index in [1.54, 1.807) is 30.6 Å². The average Bonchev–Trinajstić information content (AvgIpc) is 2.30. The van der Waals surface area contributed by atoms with Crippen molar-refractivity contribution in [3.63, 3.8) is 0 Å². The second-order valence-corrected chi connectivity index (χ2v) is 3.06. The minimum Gasteiger partial charge on any atom is -0.493 e. The van der Waals surface area contributed by atoms with Crippen LogP contribution in [0.15, 0.2) is 42.7 Å². The first-order valence-electron chi connectivity index (χ1n) is 4.56. The lowest BCUT2D eigenvalue weighted by Gasteiger charge is -2.08. The number of halogens is 1. The molecule has 15 heavy (non-hydrogen) atoms. The summed E-state index contributed by atoms with van der Waals surface area (Å²) in [4.78, 5) is 3.99. The van der Waals surface area contributed by atoms with E-state index in [9.17, 15) is 4.39 Å². The Morgan fingerprint density at radius 2 is 2.07 bits per heavy atom. The molecule has 0 radical (unpaired) electrons. The fourth-order valence-electron chi connectivity index (χ4n) is 1.47. The largest absolute Gasteiger partial charge is 0.493 e. The van der Waals surface area contributed by atoms with Gasteiger partial charge >= 0.3 is 0 Å². The Balaban J connectivity index is 2.58. The predicted octanol–water partition coefficient (Wildman–Crippen LogP) is 2.90. The number of aromatic nitrogens is 1. The van der Waals surface area contributed by atoms with Crippen LogP contribution in [0.1, 0.15) is 0 Å². The van der Waals surface area contributed by atoms with Gasteiger partial charge in [0.1, 0.15) is 0 Å². The first-order chi connectivity index (χ1) is 7.33. The Hall–Kier alpha value is -1.90. The average molecular weight is 203 g/mol. The molecule has 0 unspecified atom stereocenters. The maximum absolute atomic E-state index is 13.4. The van der Waals surface area contributed by atoms with Gasteiger partial charge in [-0.1, -0.05) is 18.2 Å². The molecule has 2 aromatic rings. The van der Waals surface area contributed by atoms with E-state index in [1.807, 2.05) is 6.07 Å². The fourth-order valence-corrected chi connectivity index (χ4v) is 1.47. The zero-order valence-corrected chi connectivity index (χ0v) is 8.27. The summed E-state index contributed by atoms with van der Waals surface area (Å²) in [5.41, 5.74) is 1.56. The summed E-state index contributed by atoms with van der Waals surface area (Å²) >= 11 is 0. The zero-order valence-electron chi connectivity index (χ0n) is 8.27. The molecule has 0 spiro atoms. The van der Waals surface area contributed by atoms with Gasteiger partial charge in [-0.3, -0.25) is 4.98 Å². The molecular formula is C12H10FNO. The number of ether oxygens (including phenoxy) is 1. The van der Waals surface area contributed by atoms with Gasteiger partial charge in [0.2, 0.25) is 0 Å². The molecule has 1 heterocycles. The van der Waals surface area contributed by atoms with Crippen molar-refractivity contribution in [1.82, 2.24) is 4.98 Å². The molecule has 0 aliphatic heterocycles.